The van der Waals surface area contributed by atoms with Crippen LogP contribution in [0.2, 0.25) is 0 Å². The summed E-state index contributed by atoms with van der Waals surface area (Å²) in [6.45, 7) is 1.64. The van der Waals surface area contributed by atoms with Crippen LogP contribution in [0.5, 0.6) is 0 Å². The molecule has 0 amide bonds. The summed E-state index contributed by atoms with van der Waals surface area (Å²) in [5.74, 6) is 0.884. The van der Waals surface area contributed by atoms with E-state index in [1.165, 1.54) is 23.9 Å². The Bertz CT molecular complexity index is 877. The van der Waals surface area contributed by atoms with E-state index >= 15 is 0 Å². The molecule has 6 nitrogen and oxygen atoms in total. The van der Waals surface area contributed by atoms with Gasteiger partial charge in [-0.05, 0) is 41.8 Å². The van der Waals surface area contributed by atoms with Gasteiger partial charge in [0.15, 0.2) is 5.17 Å². The molecule has 25 heavy (non-hydrogen) atoms. The van der Waals surface area contributed by atoms with Gasteiger partial charge in [0.1, 0.15) is 5.84 Å². The van der Waals surface area contributed by atoms with Crippen molar-refractivity contribution in [3.05, 3.63) is 58.1 Å². The highest BCUT2D eigenvalue weighted by Gasteiger charge is 2.29. The summed E-state index contributed by atoms with van der Waals surface area (Å²) < 4.78 is 0. The summed E-state index contributed by atoms with van der Waals surface area (Å²) in [6.07, 6.45) is 0.975. The van der Waals surface area contributed by atoms with Crippen LogP contribution in [-0.2, 0) is 0 Å². The van der Waals surface area contributed by atoms with Crippen molar-refractivity contribution in [3.63, 3.8) is 0 Å². The Morgan fingerprint density at radius 3 is 2.60 bits per heavy atom. The van der Waals surface area contributed by atoms with Crippen molar-refractivity contribution in [2.75, 3.05) is 13.1 Å². The summed E-state index contributed by atoms with van der Waals surface area (Å²) >= 11 is 1.43. The quantitative estimate of drug-likeness (QED) is 0.640. The molecule has 0 unspecified atom stereocenters. The fraction of sp³-hybridized carbons (Fsp3) is 0.222. The van der Waals surface area contributed by atoms with Crippen molar-refractivity contribution in [2.24, 2.45) is 4.99 Å². The molecule has 4 rings (SSSR count). The molecule has 2 heterocycles. The van der Waals surface area contributed by atoms with E-state index in [-0.39, 0.29) is 13.1 Å². The number of amidine groups is 2. The second-order valence-corrected chi connectivity index (χ2v) is 6.66. The lowest BCUT2D eigenvalue weighted by atomic mass is 10.0. The SMILES string of the molecule is C.N=C1Sc2cc(-c3ccc([N+](=O)[O-])cc3)ccc2C2=NCCCN12. The van der Waals surface area contributed by atoms with Crippen molar-refractivity contribution in [1.29, 1.82) is 5.41 Å². The zero-order valence-electron chi connectivity index (χ0n) is 12.7. The molecule has 1 N–H and O–H groups in total. The number of nitro groups is 1. The van der Waals surface area contributed by atoms with Crippen molar-refractivity contribution >= 4 is 28.5 Å². The van der Waals surface area contributed by atoms with E-state index < -0.39 is 4.92 Å². The second kappa shape index (κ2) is 6.68. The fourth-order valence-corrected chi connectivity index (χ4v) is 3.89. The largest absolute Gasteiger partial charge is 0.305 e. The van der Waals surface area contributed by atoms with Crippen LogP contribution in [0.25, 0.3) is 11.1 Å². The molecule has 0 aliphatic carbocycles. The van der Waals surface area contributed by atoms with Gasteiger partial charge < -0.3 is 4.90 Å². The van der Waals surface area contributed by atoms with Crippen LogP contribution in [0.1, 0.15) is 19.4 Å². The first-order valence-electron chi connectivity index (χ1n) is 7.61. The average molecular weight is 354 g/mol. The van der Waals surface area contributed by atoms with Crippen molar-refractivity contribution in [3.8, 4) is 11.1 Å². The van der Waals surface area contributed by atoms with E-state index in [2.05, 4.69) is 4.99 Å². The number of nitrogens with one attached hydrogen (secondary N) is 1. The van der Waals surface area contributed by atoms with Crippen LogP contribution in [-0.4, -0.2) is 33.9 Å². The molecule has 2 aliphatic rings. The number of thioether (sulfide) groups is 1. The number of benzene rings is 2. The highest BCUT2D eigenvalue weighted by molar-refractivity contribution is 8.14. The molecule has 7 heteroatoms. The van der Waals surface area contributed by atoms with Gasteiger partial charge in [-0.1, -0.05) is 25.3 Å². The highest BCUT2D eigenvalue weighted by atomic mass is 32.2. The lowest BCUT2D eigenvalue weighted by Crippen LogP contribution is -2.42. The maximum atomic E-state index is 10.8. The molecule has 2 aliphatic heterocycles. The van der Waals surface area contributed by atoms with Crippen LogP contribution >= 0.6 is 11.8 Å². The first-order chi connectivity index (χ1) is 11.6. The van der Waals surface area contributed by atoms with E-state index in [0.717, 1.165) is 46.9 Å². The number of hydrogen-bond acceptors (Lipinski definition) is 5. The number of non-ortho nitro benzene ring substituents is 1. The van der Waals surface area contributed by atoms with E-state index in [4.69, 9.17) is 5.41 Å². The summed E-state index contributed by atoms with van der Waals surface area (Å²) in [7, 11) is 0. The maximum absolute atomic E-state index is 10.8. The molecule has 0 saturated carbocycles. The van der Waals surface area contributed by atoms with Crippen molar-refractivity contribution < 1.29 is 4.92 Å². The van der Waals surface area contributed by atoms with E-state index in [9.17, 15) is 10.1 Å². The van der Waals surface area contributed by atoms with E-state index in [0.29, 0.717) is 5.17 Å². The monoisotopic (exact) mass is 354 g/mol. The Labute approximate surface area is 150 Å². The average Bonchev–Trinajstić information content (AvgIpc) is 2.61. The van der Waals surface area contributed by atoms with Crippen molar-refractivity contribution in [1.82, 2.24) is 4.90 Å². The Hall–Kier alpha value is -2.67. The lowest BCUT2D eigenvalue weighted by Gasteiger charge is -2.34. The van der Waals surface area contributed by atoms with Gasteiger partial charge in [0.05, 0.1) is 4.92 Å². The molecule has 2 aromatic rings. The minimum atomic E-state index is -0.399. The molecule has 0 radical (unpaired) electrons. The minimum absolute atomic E-state index is 0. The number of fused-ring (bicyclic) bond motifs is 3. The first-order valence-corrected chi connectivity index (χ1v) is 8.43. The molecule has 0 atom stereocenters. The summed E-state index contributed by atoms with van der Waals surface area (Å²) in [4.78, 5) is 17.9. The lowest BCUT2D eigenvalue weighted by molar-refractivity contribution is -0.384. The third-order valence-electron chi connectivity index (χ3n) is 4.14. The van der Waals surface area contributed by atoms with Gasteiger partial charge in [0, 0.05) is 35.7 Å². The maximum Gasteiger partial charge on any atom is 0.269 e. The number of aliphatic imine (C=N–C) groups is 1. The van der Waals surface area contributed by atoms with Gasteiger partial charge in [0.2, 0.25) is 0 Å². The Morgan fingerprint density at radius 1 is 1.16 bits per heavy atom. The predicted molar refractivity (Wildman–Crippen MR) is 102 cm³/mol. The van der Waals surface area contributed by atoms with Crippen LogP contribution in [0.3, 0.4) is 0 Å². The van der Waals surface area contributed by atoms with Crippen LogP contribution in [0, 0.1) is 15.5 Å². The van der Waals surface area contributed by atoms with E-state index in [1.54, 1.807) is 12.1 Å². The number of nitrogens with zero attached hydrogens (tertiary/aromatic N) is 3. The fourth-order valence-electron chi connectivity index (χ4n) is 2.94. The Kier molecular flexibility index (Phi) is 4.59. The first kappa shape index (κ1) is 17.2. The van der Waals surface area contributed by atoms with Crippen molar-refractivity contribution in [2.45, 2.75) is 18.7 Å². The second-order valence-electron chi connectivity index (χ2n) is 5.63. The van der Waals surface area contributed by atoms with Gasteiger partial charge in [-0.3, -0.25) is 20.5 Å². The van der Waals surface area contributed by atoms with Gasteiger partial charge in [-0.15, -0.1) is 0 Å². The molecule has 0 saturated heterocycles. The number of rotatable bonds is 2. The molecular weight excluding hydrogens is 336 g/mol. The molecule has 0 spiro atoms. The molecular formula is C18H18N4O2S. The van der Waals surface area contributed by atoms with E-state index in [1.807, 2.05) is 23.1 Å². The highest BCUT2D eigenvalue weighted by Crippen LogP contribution is 2.36. The third-order valence-corrected chi connectivity index (χ3v) is 5.11. The molecule has 2 aromatic carbocycles. The zero-order valence-corrected chi connectivity index (χ0v) is 13.5. The van der Waals surface area contributed by atoms with Crippen LogP contribution in [0.15, 0.2) is 52.4 Å². The number of hydrogen-bond donors (Lipinski definition) is 1. The molecule has 128 valence electrons. The smallest absolute Gasteiger partial charge is 0.269 e. The normalized spacial score (nSPS) is 15.6. The van der Waals surface area contributed by atoms with Gasteiger partial charge in [0.25, 0.3) is 5.69 Å². The summed E-state index contributed by atoms with van der Waals surface area (Å²) in [6, 6.07) is 12.6. The zero-order chi connectivity index (χ0) is 16.7. The number of nitro benzene ring substituents is 1. The van der Waals surface area contributed by atoms with Gasteiger partial charge in [-0.2, -0.15) is 0 Å². The molecule has 0 fully saturated rings. The standard InChI is InChI=1S/C17H14N4O2S.CH4/c18-17-20-9-1-8-19-16(20)14-7-4-12(10-15(14)24-17)11-2-5-13(6-3-11)21(22)23;/h2-7,10,18H,1,8-9H2;1H4. The van der Waals surface area contributed by atoms with Crippen LogP contribution < -0.4 is 0 Å². The summed E-state index contributed by atoms with van der Waals surface area (Å²) in [5.41, 5.74) is 3.04. The molecule has 0 aromatic heterocycles. The summed E-state index contributed by atoms with van der Waals surface area (Å²) in [5, 5.41) is 19.5. The topological polar surface area (TPSA) is 82.6 Å². The van der Waals surface area contributed by atoms with Crippen LogP contribution in [0.4, 0.5) is 5.69 Å². The predicted octanol–water partition coefficient (Wildman–Crippen LogP) is 4.39. The third kappa shape index (κ3) is 3.02. The Balaban J connectivity index is 0.00000182. The Morgan fingerprint density at radius 2 is 1.88 bits per heavy atom. The van der Waals surface area contributed by atoms with Gasteiger partial charge >= 0.3 is 0 Å². The minimum Gasteiger partial charge on any atom is -0.305 e. The van der Waals surface area contributed by atoms with Gasteiger partial charge in [-0.25, -0.2) is 0 Å². The molecule has 0 bridgehead atoms.